The molecule has 0 saturated carbocycles. The van der Waals surface area contributed by atoms with Crippen molar-refractivity contribution >= 4 is 80.5 Å². The fourth-order valence-electron chi connectivity index (χ4n) is 8.74. The van der Waals surface area contributed by atoms with Crippen LogP contribution < -0.4 is 10.8 Å². The third-order valence-electron chi connectivity index (χ3n) is 12.6. The minimum atomic E-state index is -0.543. The quantitative estimate of drug-likeness (QED) is 0.0478. The van der Waals surface area contributed by atoms with Crippen LogP contribution in [0, 0.1) is 0 Å². The lowest BCUT2D eigenvalue weighted by atomic mass is 9.97. The molecule has 3 aliphatic heterocycles. The number of benzene rings is 3. The normalized spacial score (nSPS) is 14.9. The summed E-state index contributed by atoms with van der Waals surface area (Å²) < 4.78 is 10.4. The number of nitrogens with one attached hydrogen (secondary N) is 2. The van der Waals surface area contributed by atoms with Gasteiger partial charge in [-0.3, -0.25) is 24.4 Å². The number of amides is 3. The molecular formula is C55H64ClN7O9S3. The lowest BCUT2D eigenvalue weighted by molar-refractivity contribution is -0.130. The van der Waals surface area contributed by atoms with E-state index in [-0.39, 0.29) is 40.8 Å². The van der Waals surface area contributed by atoms with E-state index in [9.17, 15) is 28.8 Å². The molecular weight excluding hydrogens is 1030 g/mol. The smallest absolute Gasteiger partial charge is 0.350 e. The Hall–Kier alpha value is -6.22. The van der Waals surface area contributed by atoms with Crippen LogP contribution in [0.1, 0.15) is 135 Å². The van der Waals surface area contributed by atoms with E-state index in [4.69, 9.17) is 24.6 Å². The molecule has 3 amide bonds. The van der Waals surface area contributed by atoms with E-state index in [1.165, 1.54) is 40.9 Å². The molecule has 0 unspecified atom stereocenters. The van der Waals surface area contributed by atoms with Crippen LogP contribution >= 0.6 is 45.6 Å². The van der Waals surface area contributed by atoms with Crippen molar-refractivity contribution < 1.29 is 43.4 Å². The second-order valence-electron chi connectivity index (χ2n) is 17.7. The van der Waals surface area contributed by atoms with Crippen molar-refractivity contribution in [1.29, 1.82) is 0 Å². The Labute approximate surface area is 454 Å². The molecule has 398 valence electrons. The van der Waals surface area contributed by atoms with Gasteiger partial charge in [-0.15, -0.1) is 34.0 Å². The van der Waals surface area contributed by atoms with Gasteiger partial charge in [0, 0.05) is 81.4 Å². The maximum absolute atomic E-state index is 12.4. The van der Waals surface area contributed by atoms with Gasteiger partial charge in [-0.25, -0.2) is 30.0 Å². The molecule has 9 rings (SSSR count). The van der Waals surface area contributed by atoms with Gasteiger partial charge in [0.1, 0.15) is 14.6 Å². The first-order valence-corrected chi connectivity index (χ1v) is 27.9. The van der Waals surface area contributed by atoms with Crippen LogP contribution in [0.25, 0.3) is 33.8 Å². The molecule has 6 heterocycles. The van der Waals surface area contributed by atoms with E-state index in [0.717, 1.165) is 102 Å². The van der Waals surface area contributed by atoms with Gasteiger partial charge in [-0.1, -0.05) is 91.0 Å². The third-order valence-corrected chi connectivity index (χ3v) is 16.2. The Bertz CT molecular complexity index is 2820. The molecule has 0 radical (unpaired) electrons. The van der Waals surface area contributed by atoms with Crippen LogP contribution in [-0.2, 0) is 23.9 Å². The first-order valence-electron chi connectivity index (χ1n) is 25.1. The summed E-state index contributed by atoms with van der Waals surface area (Å²) in [5.41, 5.74) is 6.51. The number of hydroxylamine groups is 1. The minimum absolute atomic E-state index is 0.0953. The Balaban J connectivity index is 0.000000177. The van der Waals surface area contributed by atoms with E-state index in [1.54, 1.807) is 26.3 Å². The minimum Gasteiger partial charge on any atom is -0.462 e. The number of ether oxygens (including phenoxy) is 2. The number of thiazole rings is 3. The molecule has 16 nitrogen and oxygen atoms in total. The fourth-order valence-corrected chi connectivity index (χ4v) is 12.2. The van der Waals surface area contributed by atoms with Crippen LogP contribution in [0.4, 0.5) is 0 Å². The number of hydrogen-bond acceptors (Lipinski definition) is 16. The predicted octanol–water partition coefficient (Wildman–Crippen LogP) is 10.6. The standard InChI is InChI=1S/C19H22N2O3S.C17H19N3O3S.C17H20N2O2S.C2H3ClO/c1-3-24-19(23)17-16(14-7-5-4-6-8-14)20-18(25-17)15-9-11-21(12-10-15)13(2)22;1-11(21)20-9-7-13(8-10-20)17-18-14(12-5-3-2-4-6-12)15(24-17)16(22)19-23;1-2-21-17(20)15-14(12-6-4-3-5-7-12)19-16(22-15)13-8-10-18-11-9-13;1-2(3)4/h4-8,15H,3,9-12H2,1-2H3;2-6,13,23H,7-10H2,1H3,(H,19,22);3-7,13,18H,2,8-11H2,1H3;1H3. The number of hydrogen-bond donors (Lipinski definition) is 3. The molecule has 0 bridgehead atoms. The van der Waals surface area contributed by atoms with E-state index >= 15 is 0 Å². The first-order chi connectivity index (χ1) is 36.2. The number of carbonyl (C=O) groups is 6. The highest BCUT2D eigenvalue weighted by Crippen LogP contribution is 2.39. The van der Waals surface area contributed by atoms with Crippen LogP contribution in [0.5, 0.6) is 0 Å². The summed E-state index contributed by atoms with van der Waals surface area (Å²) in [6.07, 6.45) is 5.57. The van der Waals surface area contributed by atoms with Gasteiger partial charge in [0.15, 0.2) is 0 Å². The van der Waals surface area contributed by atoms with Crippen molar-refractivity contribution in [3.63, 3.8) is 0 Å². The number of halogens is 1. The molecule has 3 fully saturated rings. The summed E-state index contributed by atoms with van der Waals surface area (Å²) >= 11 is 8.88. The van der Waals surface area contributed by atoms with Crippen LogP contribution in [0.15, 0.2) is 91.0 Å². The van der Waals surface area contributed by atoms with Crippen molar-refractivity contribution in [2.24, 2.45) is 0 Å². The summed E-state index contributed by atoms with van der Waals surface area (Å²) in [5, 5.41) is 14.9. The van der Waals surface area contributed by atoms with Crippen LogP contribution in [0.3, 0.4) is 0 Å². The highest BCUT2D eigenvalue weighted by atomic mass is 35.5. The van der Waals surface area contributed by atoms with Gasteiger partial charge in [0.2, 0.25) is 17.1 Å². The molecule has 6 aromatic rings. The van der Waals surface area contributed by atoms with Gasteiger partial charge in [0.25, 0.3) is 5.91 Å². The van der Waals surface area contributed by atoms with E-state index in [2.05, 4.69) is 21.9 Å². The molecule has 3 aromatic carbocycles. The molecule has 3 N–H and O–H groups in total. The SMILES string of the molecule is CC(=O)Cl.CC(=O)N1CCC(c2nc(-c3ccccc3)c(C(=O)NO)s2)CC1.CCOC(=O)c1sc(C2CCN(C(C)=O)CC2)nc1-c1ccccc1.CCOC(=O)c1sc(C2CCNCC2)nc1-c1ccccc1. The van der Waals surface area contributed by atoms with Crippen LogP contribution in [-0.4, -0.2) is 117 Å². The monoisotopic (exact) mass is 1100 g/mol. The third kappa shape index (κ3) is 16.4. The average molecular weight is 1100 g/mol. The first kappa shape index (κ1) is 58.0. The fraction of sp³-hybridized carbons (Fsp3) is 0.400. The Morgan fingerprint density at radius 2 is 0.867 bits per heavy atom. The molecule has 20 heteroatoms. The molecule has 0 spiro atoms. The second kappa shape index (κ2) is 29.2. The van der Waals surface area contributed by atoms with Gasteiger partial charge >= 0.3 is 11.9 Å². The maximum Gasteiger partial charge on any atom is 0.350 e. The van der Waals surface area contributed by atoms with Crippen molar-refractivity contribution in [1.82, 2.24) is 35.5 Å². The molecule has 0 aliphatic carbocycles. The number of carbonyl (C=O) groups excluding carboxylic acids is 6. The lowest BCUT2D eigenvalue weighted by Crippen LogP contribution is -2.36. The number of esters is 2. The molecule has 3 saturated heterocycles. The molecule has 3 aromatic heterocycles. The van der Waals surface area contributed by atoms with Gasteiger partial charge in [0.05, 0.1) is 45.3 Å². The van der Waals surface area contributed by atoms with Crippen molar-refractivity contribution in [3.05, 3.63) is 121 Å². The molecule has 3 aliphatic rings. The number of piperidine rings is 3. The zero-order valence-electron chi connectivity index (χ0n) is 42.8. The van der Waals surface area contributed by atoms with Crippen molar-refractivity contribution in [2.75, 3.05) is 52.5 Å². The van der Waals surface area contributed by atoms with E-state index in [1.807, 2.05) is 108 Å². The summed E-state index contributed by atoms with van der Waals surface area (Å²) in [7, 11) is 0. The lowest BCUT2D eigenvalue weighted by Gasteiger charge is -2.30. The van der Waals surface area contributed by atoms with Gasteiger partial charge in [-0.2, -0.15) is 0 Å². The zero-order chi connectivity index (χ0) is 53.9. The summed E-state index contributed by atoms with van der Waals surface area (Å²) in [6, 6.07) is 29.1. The topological polar surface area (TPSA) is 210 Å². The predicted molar refractivity (Wildman–Crippen MR) is 294 cm³/mol. The number of nitrogens with zero attached hydrogens (tertiary/aromatic N) is 5. The highest BCUT2D eigenvalue weighted by Gasteiger charge is 2.30. The highest BCUT2D eigenvalue weighted by molar-refractivity contribution is 7.15. The Morgan fingerprint density at radius 1 is 0.560 bits per heavy atom. The largest absolute Gasteiger partial charge is 0.462 e. The van der Waals surface area contributed by atoms with Gasteiger partial charge in [-0.05, 0) is 77.1 Å². The van der Waals surface area contributed by atoms with E-state index in [0.29, 0.717) is 58.2 Å². The van der Waals surface area contributed by atoms with Crippen molar-refractivity contribution in [2.45, 2.75) is 90.9 Å². The summed E-state index contributed by atoms with van der Waals surface area (Å²) in [6.45, 7) is 13.8. The summed E-state index contributed by atoms with van der Waals surface area (Å²) in [4.78, 5) is 88.4. The number of likely N-dealkylation sites (tertiary alicyclic amines) is 2. The number of aromatic nitrogens is 3. The molecule has 75 heavy (non-hydrogen) atoms. The Kier molecular flexibility index (Phi) is 22.6. The number of rotatable bonds is 11. The average Bonchev–Trinajstić information content (AvgIpc) is 4.22. The summed E-state index contributed by atoms with van der Waals surface area (Å²) in [5.74, 6) is 0.0493. The van der Waals surface area contributed by atoms with E-state index < -0.39 is 5.91 Å². The second-order valence-corrected chi connectivity index (χ2v) is 21.3. The maximum atomic E-state index is 12.4. The zero-order valence-corrected chi connectivity index (χ0v) is 46.0. The van der Waals surface area contributed by atoms with Crippen molar-refractivity contribution in [3.8, 4) is 33.8 Å². The van der Waals surface area contributed by atoms with Crippen LogP contribution in [0.2, 0.25) is 0 Å². The van der Waals surface area contributed by atoms with Gasteiger partial charge < -0.3 is 24.6 Å². The Morgan fingerprint density at radius 3 is 1.17 bits per heavy atom. The molecule has 0 atom stereocenters.